The Labute approximate surface area is 142 Å². The Morgan fingerprint density at radius 1 is 1.25 bits per heavy atom. The fraction of sp³-hybridized carbons (Fsp3) is 0.118. The number of hydrogen-bond donors (Lipinski definition) is 1. The molecule has 0 amide bonds. The fourth-order valence-corrected chi connectivity index (χ4v) is 3.01. The predicted octanol–water partition coefficient (Wildman–Crippen LogP) is 3.23. The first-order valence-corrected chi connectivity index (χ1v) is 7.94. The molecule has 0 radical (unpaired) electrons. The summed E-state index contributed by atoms with van der Waals surface area (Å²) in [5.74, 6) is 0. The molecule has 0 fully saturated rings. The molecule has 0 bridgehead atoms. The maximum Gasteiger partial charge on any atom is 0.282 e. The summed E-state index contributed by atoms with van der Waals surface area (Å²) in [5.41, 5.74) is 3.39. The normalized spacial score (nSPS) is 11.2. The first-order valence-electron chi connectivity index (χ1n) is 7.56. The smallest absolute Gasteiger partial charge is 0.282 e. The molecule has 0 saturated carbocycles. The molecule has 0 aliphatic rings. The zero-order valence-electron chi connectivity index (χ0n) is 12.9. The van der Waals surface area contributed by atoms with E-state index in [4.69, 9.17) is 11.6 Å². The van der Waals surface area contributed by atoms with Gasteiger partial charge in [-0.25, -0.2) is 9.50 Å². The van der Waals surface area contributed by atoms with Crippen molar-refractivity contribution in [2.75, 3.05) is 0 Å². The lowest BCUT2D eigenvalue weighted by Gasteiger charge is -2.05. The van der Waals surface area contributed by atoms with E-state index in [9.17, 15) is 4.79 Å². The number of nitrogens with one attached hydrogen (secondary N) is 1. The van der Waals surface area contributed by atoms with Crippen LogP contribution in [-0.2, 0) is 6.54 Å². The topological polar surface area (TPSA) is 68.0 Å². The van der Waals surface area contributed by atoms with Crippen molar-refractivity contribution in [2.24, 2.45) is 0 Å². The highest BCUT2D eigenvalue weighted by molar-refractivity contribution is 6.30. The molecule has 24 heavy (non-hydrogen) atoms. The molecule has 0 aliphatic heterocycles. The summed E-state index contributed by atoms with van der Waals surface area (Å²) >= 11 is 6.06. The van der Waals surface area contributed by atoms with E-state index in [1.54, 1.807) is 23.3 Å². The predicted molar refractivity (Wildman–Crippen MR) is 93.2 cm³/mol. The van der Waals surface area contributed by atoms with Gasteiger partial charge in [-0.05, 0) is 30.7 Å². The average molecular weight is 340 g/mol. The Hall–Kier alpha value is -2.86. The maximum atomic E-state index is 12.8. The molecule has 3 aromatic heterocycles. The number of benzene rings is 1. The molecule has 0 atom stereocenters. The lowest BCUT2D eigenvalue weighted by atomic mass is 10.1. The Morgan fingerprint density at radius 3 is 2.92 bits per heavy atom. The van der Waals surface area contributed by atoms with Crippen molar-refractivity contribution in [1.29, 1.82) is 0 Å². The van der Waals surface area contributed by atoms with Crippen LogP contribution in [0.4, 0.5) is 0 Å². The van der Waals surface area contributed by atoms with Gasteiger partial charge in [0.25, 0.3) is 5.56 Å². The molecule has 120 valence electrons. The number of fused-ring (bicyclic) bond motifs is 1. The van der Waals surface area contributed by atoms with Crippen LogP contribution in [0.3, 0.4) is 0 Å². The van der Waals surface area contributed by atoms with Gasteiger partial charge in [-0.2, -0.15) is 5.10 Å². The molecular weight excluding hydrogens is 326 g/mol. The molecule has 6 nitrogen and oxygen atoms in total. The summed E-state index contributed by atoms with van der Waals surface area (Å²) in [6.07, 6.45) is 5.04. The second-order valence-electron chi connectivity index (χ2n) is 5.37. The van der Waals surface area contributed by atoms with Gasteiger partial charge in [0, 0.05) is 35.7 Å². The first kappa shape index (κ1) is 14.7. The fourth-order valence-electron chi connectivity index (χ4n) is 2.82. The van der Waals surface area contributed by atoms with Gasteiger partial charge in [0.1, 0.15) is 0 Å². The number of nitrogens with zero attached hydrogens (tertiary/aromatic N) is 4. The van der Waals surface area contributed by atoms with Gasteiger partial charge in [-0.3, -0.25) is 14.6 Å². The highest BCUT2D eigenvalue weighted by atomic mass is 35.5. The number of aromatic amines is 1. The molecule has 4 rings (SSSR count). The molecule has 0 aliphatic carbocycles. The van der Waals surface area contributed by atoms with Crippen LogP contribution in [0.1, 0.15) is 6.92 Å². The summed E-state index contributed by atoms with van der Waals surface area (Å²) in [6, 6.07) is 9.27. The van der Waals surface area contributed by atoms with Gasteiger partial charge >= 0.3 is 0 Å². The molecular formula is C17H14ClN5O. The van der Waals surface area contributed by atoms with Crippen LogP contribution in [0.5, 0.6) is 0 Å². The van der Waals surface area contributed by atoms with Gasteiger partial charge in [-0.15, -0.1) is 0 Å². The lowest BCUT2D eigenvalue weighted by molar-refractivity contribution is 0.665. The maximum absolute atomic E-state index is 12.8. The van der Waals surface area contributed by atoms with Crippen molar-refractivity contribution < 1.29 is 0 Å². The third kappa shape index (κ3) is 2.23. The van der Waals surface area contributed by atoms with Crippen molar-refractivity contribution in [2.45, 2.75) is 13.5 Å². The molecule has 4 aromatic rings. The van der Waals surface area contributed by atoms with Gasteiger partial charge in [0.05, 0.1) is 11.3 Å². The highest BCUT2D eigenvalue weighted by Crippen LogP contribution is 2.25. The monoisotopic (exact) mass is 339 g/mol. The molecule has 7 heteroatoms. The Bertz CT molecular complexity index is 1090. The molecule has 0 saturated heterocycles. The average Bonchev–Trinajstić information content (AvgIpc) is 3.22. The van der Waals surface area contributed by atoms with Gasteiger partial charge in [0.2, 0.25) is 0 Å². The van der Waals surface area contributed by atoms with Crippen LogP contribution in [0, 0.1) is 0 Å². The molecule has 0 unspecified atom stereocenters. The SMILES string of the molecule is CCn1nccc1-c1cnc2c(-c3cccc(Cl)c3)c[nH]n2c1=O. The number of hydrogen-bond acceptors (Lipinski definition) is 3. The number of aryl methyl sites for hydroxylation is 1. The molecule has 1 N–H and O–H groups in total. The van der Waals surface area contributed by atoms with Crippen molar-refractivity contribution in [1.82, 2.24) is 24.4 Å². The van der Waals surface area contributed by atoms with E-state index >= 15 is 0 Å². The number of rotatable bonds is 3. The van der Waals surface area contributed by atoms with E-state index in [-0.39, 0.29) is 5.56 Å². The number of halogens is 1. The van der Waals surface area contributed by atoms with Crippen LogP contribution in [-0.4, -0.2) is 24.4 Å². The van der Waals surface area contributed by atoms with Crippen molar-refractivity contribution >= 4 is 17.2 Å². The Balaban J connectivity index is 1.92. The summed E-state index contributed by atoms with van der Waals surface area (Å²) in [7, 11) is 0. The molecule has 0 spiro atoms. The third-order valence-electron chi connectivity index (χ3n) is 3.97. The minimum atomic E-state index is -0.163. The van der Waals surface area contributed by atoms with E-state index in [1.807, 2.05) is 37.3 Å². The molecule has 3 heterocycles. The van der Waals surface area contributed by atoms with E-state index in [0.29, 0.717) is 22.8 Å². The Kier molecular flexibility index (Phi) is 3.46. The van der Waals surface area contributed by atoms with Crippen LogP contribution in [0.2, 0.25) is 5.02 Å². The number of aromatic nitrogens is 5. The van der Waals surface area contributed by atoms with E-state index in [1.165, 1.54) is 4.52 Å². The van der Waals surface area contributed by atoms with Gasteiger partial charge in [0.15, 0.2) is 5.65 Å². The van der Waals surface area contributed by atoms with Crippen molar-refractivity contribution in [3.05, 3.63) is 64.3 Å². The Morgan fingerprint density at radius 2 is 2.12 bits per heavy atom. The van der Waals surface area contributed by atoms with Crippen LogP contribution in [0.25, 0.3) is 28.0 Å². The van der Waals surface area contributed by atoms with Crippen molar-refractivity contribution in [3.8, 4) is 22.4 Å². The lowest BCUT2D eigenvalue weighted by Crippen LogP contribution is -2.18. The van der Waals surface area contributed by atoms with Gasteiger partial charge in [-0.1, -0.05) is 23.7 Å². The second-order valence-corrected chi connectivity index (χ2v) is 5.80. The summed E-state index contributed by atoms with van der Waals surface area (Å²) in [4.78, 5) is 17.3. The summed E-state index contributed by atoms with van der Waals surface area (Å²) < 4.78 is 3.21. The van der Waals surface area contributed by atoms with E-state index < -0.39 is 0 Å². The van der Waals surface area contributed by atoms with Crippen LogP contribution in [0.15, 0.2) is 53.7 Å². The zero-order chi connectivity index (χ0) is 16.7. The van der Waals surface area contributed by atoms with E-state index in [2.05, 4.69) is 15.2 Å². The second kappa shape index (κ2) is 5.65. The summed E-state index contributed by atoms with van der Waals surface area (Å²) in [5, 5.41) is 7.83. The minimum Gasteiger partial charge on any atom is -0.296 e. The van der Waals surface area contributed by atoms with Crippen LogP contribution < -0.4 is 5.56 Å². The van der Waals surface area contributed by atoms with Crippen molar-refractivity contribution in [3.63, 3.8) is 0 Å². The van der Waals surface area contributed by atoms with Gasteiger partial charge < -0.3 is 0 Å². The molecule has 1 aromatic carbocycles. The largest absolute Gasteiger partial charge is 0.296 e. The standard InChI is InChI=1S/C17H14ClN5O/c1-2-22-15(6-7-20-22)14-9-19-16-13(10-21-23(16)17(14)24)11-4-3-5-12(18)8-11/h3-10,21H,2H2,1H3. The quantitative estimate of drug-likeness (QED) is 0.623. The summed E-state index contributed by atoms with van der Waals surface area (Å²) in [6.45, 7) is 2.66. The minimum absolute atomic E-state index is 0.163. The highest BCUT2D eigenvalue weighted by Gasteiger charge is 2.15. The van der Waals surface area contributed by atoms with Crippen LogP contribution >= 0.6 is 11.6 Å². The number of H-pyrrole nitrogens is 1. The van der Waals surface area contributed by atoms with E-state index in [0.717, 1.165) is 16.8 Å². The first-order chi connectivity index (χ1) is 11.7. The third-order valence-corrected chi connectivity index (χ3v) is 4.20. The zero-order valence-corrected chi connectivity index (χ0v) is 13.7.